The van der Waals surface area contributed by atoms with Gasteiger partial charge in [-0.1, -0.05) is 18.2 Å². The molecule has 0 bridgehead atoms. The van der Waals surface area contributed by atoms with Crippen LogP contribution < -0.4 is 5.32 Å². The van der Waals surface area contributed by atoms with E-state index in [9.17, 15) is 19.2 Å². The Balaban J connectivity index is 1.51. The summed E-state index contributed by atoms with van der Waals surface area (Å²) in [7, 11) is 0. The van der Waals surface area contributed by atoms with Crippen LogP contribution in [0.3, 0.4) is 0 Å². The number of esters is 1. The Bertz CT molecular complexity index is 1220. The maximum absolute atomic E-state index is 13.0. The highest BCUT2D eigenvalue weighted by molar-refractivity contribution is 6.48. The molecule has 176 valence electrons. The first-order valence-corrected chi connectivity index (χ1v) is 11.5. The van der Waals surface area contributed by atoms with Gasteiger partial charge in [-0.25, -0.2) is 4.79 Å². The molecule has 2 heterocycles. The lowest BCUT2D eigenvalue weighted by Gasteiger charge is -2.27. The molecule has 8 nitrogen and oxygen atoms in total. The SMILES string of the molecule is CCOC(=O)c1ccc(NC(=O)C(=O)c2cn(CC(=O)N3CCCCC3)c3ccccc23)cc1. The maximum atomic E-state index is 13.0. The Morgan fingerprint density at radius 1 is 0.941 bits per heavy atom. The number of amides is 2. The van der Waals surface area contributed by atoms with Gasteiger partial charge in [0.1, 0.15) is 6.54 Å². The summed E-state index contributed by atoms with van der Waals surface area (Å²) < 4.78 is 6.68. The van der Waals surface area contributed by atoms with Crippen molar-refractivity contribution in [3.05, 3.63) is 65.9 Å². The number of ether oxygens (including phenoxy) is 1. The summed E-state index contributed by atoms with van der Waals surface area (Å²) in [6.45, 7) is 3.61. The molecular formula is C26H27N3O5. The monoisotopic (exact) mass is 461 g/mol. The Morgan fingerprint density at radius 2 is 1.65 bits per heavy atom. The normalized spacial score (nSPS) is 13.5. The third kappa shape index (κ3) is 5.01. The molecule has 4 rings (SSSR count). The first-order valence-electron chi connectivity index (χ1n) is 11.5. The molecule has 1 saturated heterocycles. The predicted molar refractivity (Wildman–Crippen MR) is 128 cm³/mol. The van der Waals surface area contributed by atoms with Crippen molar-refractivity contribution in [1.82, 2.24) is 9.47 Å². The number of likely N-dealkylation sites (tertiary alicyclic amines) is 1. The Morgan fingerprint density at radius 3 is 2.35 bits per heavy atom. The van der Waals surface area contributed by atoms with E-state index in [0.29, 0.717) is 16.6 Å². The lowest BCUT2D eigenvalue weighted by molar-refractivity contribution is -0.132. The molecule has 2 amide bonds. The first-order chi connectivity index (χ1) is 16.5. The van der Waals surface area contributed by atoms with E-state index >= 15 is 0 Å². The van der Waals surface area contributed by atoms with E-state index in [2.05, 4.69) is 5.32 Å². The van der Waals surface area contributed by atoms with Gasteiger partial charge in [0.15, 0.2) is 0 Å². The summed E-state index contributed by atoms with van der Waals surface area (Å²) in [5, 5.41) is 3.20. The maximum Gasteiger partial charge on any atom is 0.338 e. The number of carbonyl (C=O) groups excluding carboxylic acids is 4. The number of carbonyl (C=O) groups is 4. The molecule has 8 heteroatoms. The minimum absolute atomic E-state index is 0.00518. The molecule has 0 spiro atoms. The van der Waals surface area contributed by atoms with Crippen molar-refractivity contribution in [3.63, 3.8) is 0 Å². The highest BCUT2D eigenvalue weighted by Gasteiger charge is 2.24. The van der Waals surface area contributed by atoms with Gasteiger partial charge in [-0.05, 0) is 56.5 Å². The molecule has 34 heavy (non-hydrogen) atoms. The number of fused-ring (bicyclic) bond motifs is 1. The van der Waals surface area contributed by atoms with Crippen LogP contribution >= 0.6 is 0 Å². The van der Waals surface area contributed by atoms with Gasteiger partial charge in [-0.3, -0.25) is 14.4 Å². The number of hydrogen-bond donors (Lipinski definition) is 1. The van der Waals surface area contributed by atoms with Gasteiger partial charge >= 0.3 is 5.97 Å². The summed E-state index contributed by atoms with van der Waals surface area (Å²) >= 11 is 0. The number of nitrogens with one attached hydrogen (secondary N) is 1. The molecule has 0 radical (unpaired) electrons. The second-order valence-electron chi connectivity index (χ2n) is 8.21. The zero-order valence-electron chi connectivity index (χ0n) is 19.1. The number of Topliss-reactive ketones (excluding diaryl/α,β-unsaturated/α-hetero) is 1. The van der Waals surface area contributed by atoms with Crippen LogP contribution in [0.15, 0.2) is 54.7 Å². The summed E-state index contributed by atoms with van der Waals surface area (Å²) in [6.07, 6.45) is 4.72. The largest absolute Gasteiger partial charge is 0.462 e. The summed E-state index contributed by atoms with van der Waals surface area (Å²) in [4.78, 5) is 52.2. The lowest BCUT2D eigenvalue weighted by atomic mass is 10.1. The number of rotatable bonds is 7. The van der Waals surface area contributed by atoms with E-state index < -0.39 is 17.7 Å². The average molecular weight is 462 g/mol. The third-order valence-corrected chi connectivity index (χ3v) is 5.91. The average Bonchev–Trinajstić information content (AvgIpc) is 3.23. The quantitative estimate of drug-likeness (QED) is 0.329. The standard InChI is InChI=1S/C26H27N3O5/c1-2-34-26(33)18-10-12-19(13-11-18)27-25(32)24(31)21-16-29(22-9-5-4-8-20(21)22)17-23(30)28-14-6-3-7-15-28/h4-5,8-13,16H,2-3,6-7,14-15,17H2,1H3,(H,27,32). The zero-order chi connectivity index (χ0) is 24.1. The Hall–Kier alpha value is -3.94. The number of nitrogens with zero attached hydrogens (tertiary/aromatic N) is 2. The molecule has 0 atom stereocenters. The minimum atomic E-state index is -0.797. The van der Waals surface area contributed by atoms with Crippen molar-refractivity contribution >= 4 is 40.2 Å². The van der Waals surface area contributed by atoms with E-state index in [4.69, 9.17) is 4.74 Å². The van der Waals surface area contributed by atoms with Crippen LogP contribution in [0.2, 0.25) is 0 Å². The van der Waals surface area contributed by atoms with Crippen LogP contribution in [0.1, 0.15) is 46.9 Å². The van der Waals surface area contributed by atoms with E-state index in [1.54, 1.807) is 29.8 Å². The fourth-order valence-corrected chi connectivity index (χ4v) is 4.16. The number of benzene rings is 2. The second-order valence-corrected chi connectivity index (χ2v) is 8.21. The van der Waals surface area contributed by atoms with Crippen molar-refractivity contribution in [1.29, 1.82) is 0 Å². The Labute approximate surface area is 197 Å². The lowest BCUT2D eigenvalue weighted by Crippen LogP contribution is -2.37. The third-order valence-electron chi connectivity index (χ3n) is 5.91. The number of aromatic nitrogens is 1. The number of para-hydroxylation sites is 1. The number of hydrogen-bond acceptors (Lipinski definition) is 5. The molecule has 1 N–H and O–H groups in total. The molecule has 2 aromatic carbocycles. The van der Waals surface area contributed by atoms with Crippen LogP contribution in [-0.2, 0) is 20.9 Å². The van der Waals surface area contributed by atoms with Gasteiger partial charge in [-0.2, -0.15) is 0 Å². The molecule has 1 aliphatic rings. The molecule has 0 unspecified atom stereocenters. The first kappa shape index (κ1) is 23.2. The van der Waals surface area contributed by atoms with Crippen LogP contribution in [0.5, 0.6) is 0 Å². The zero-order valence-corrected chi connectivity index (χ0v) is 19.1. The van der Waals surface area contributed by atoms with Crippen molar-refractivity contribution in [2.24, 2.45) is 0 Å². The van der Waals surface area contributed by atoms with Gasteiger partial charge in [-0.15, -0.1) is 0 Å². The van der Waals surface area contributed by atoms with Crippen LogP contribution in [-0.4, -0.2) is 52.7 Å². The van der Waals surface area contributed by atoms with Crippen LogP contribution in [0.4, 0.5) is 5.69 Å². The van der Waals surface area contributed by atoms with Gasteiger partial charge in [0.25, 0.3) is 11.7 Å². The fourth-order valence-electron chi connectivity index (χ4n) is 4.16. The van der Waals surface area contributed by atoms with Crippen molar-refractivity contribution in [3.8, 4) is 0 Å². The molecule has 1 fully saturated rings. The number of anilines is 1. The van der Waals surface area contributed by atoms with E-state index in [-0.39, 0.29) is 24.6 Å². The van der Waals surface area contributed by atoms with Crippen LogP contribution in [0, 0.1) is 0 Å². The van der Waals surface area contributed by atoms with Crippen molar-refractivity contribution in [2.75, 3.05) is 25.0 Å². The number of piperidine rings is 1. The molecular weight excluding hydrogens is 434 g/mol. The van der Waals surface area contributed by atoms with Crippen molar-refractivity contribution in [2.45, 2.75) is 32.7 Å². The highest BCUT2D eigenvalue weighted by Crippen LogP contribution is 2.23. The van der Waals surface area contributed by atoms with E-state index in [0.717, 1.165) is 37.9 Å². The molecule has 0 saturated carbocycles. The smallest absolute Gasteiger partial charge is 0.338 e. The van der Waals surface area contributed by atoms with Gasteiger partial charge in [0.2, 0.25) is 5.91 Å². The Kier molecular flexibility index (Phi) is 7.06. The molecule has 0 aliphatic carbocycles. The van der Waals surface area contributed by atoms with Gasteiger partial charge in [0.05, 0.1) is 17.7 Å². The summed E-state index contributed by atoms with van der Waals surface area (Å²) in [5.74, 6) is -1.95. The van der Waals surface area contributed by atoms with E-state index in [1.807, 2.05) is 17.0 Å². The summed E-state index contributed by atoms with van der Waals surface area (Å²) in [6, 6.07) is 13.4. The number of ketones is 1. The molecule has 1 aliphatic heterocycles. The summed E-state index contributed by atoms with van der Waals surface area (Å²) in [5.41, 5.74) is 1.70. The molecule has 3 aromatic rings. The molecule has 1 aromatic heterocycles. The predicted octanol–water partition coefficient (Wildman–Crippen LogP) is 3.65. The van der Waals surface area contributed by atoms with Crippen LogP contribution in [0.25, 0.3) is 10.9 Å². The minimum Gasteiger partial charge on any atom is -0.462 e. The van der Waals surface area contributed by atoms with Crippen molar-refractivity contribution < 1.29 is 23.9 Å². The van der Waals surface area contributed by atoms with Gasteiger partial charge < -0.3 is 19.5 Å². The second kappa shape index (κ2) is 10.3. The van der Waals surface area contributed by atoms with Gasteiger partial charge in [0, 0.05) is 35.9 Å². The fraction of sp³-hybridized carbons (Fsp3) is 0.308. The van der Waals surface area contributed by atoms with E-state index in [1.165, 1.54) is 24.3 Å². The highest BCUT2D eigenvalue weighted by atomic mass is 16.5. The topological polar surface area (TPSA) is 97.7 Å².